The fraction of sp³-hybridized carbons (Fsp3) is 0.0476. The molecule has 6 heteroatoms. The van der Waals surface area contributed by atoms with Crippen LogP contribution in [0.25, 0.3) is 0 Å². The summed E-state index contributed by atoms with van der Waals surface area (Å²) in [6.45, 7) is 0.495. The third-order valence-electron chi connectivity index (χ3n) is 4.29. The summed E-state index contributed by atoms with van der Waals surface area (Å²) in [6, 6.07) is 20.4. The van der Waals surface area contributed by atoms with Gasteiger partial charge in [0.15, 0.2) is 0 Å². The molecule has 0 atom stereocenters. The quantitative estimate of drug-likeness (QED) is 0.479. The SMILES string of the molecule is Nc1cc2c(cc1Nc1ccc(OCc3ccccc3)cc1)C(=O)NC2=O. The number of anilines is 3. The number of hydrogen-bond acceptors (Lipinski definition) is 5. The van der Waals surface area contributed by atoms with Crippen LogP contribution in [0, 0.1) is 0 Å². The Labute approximate surface area is 156 Å². The van der Waals surface area contributed by atoms with Gasteiger partial charge in [0.05, 0.1) is 22.5 Å². The first kappa shape index (κ1) is 16.7. The summed E-state index contributed by atoms with van der Waals surface area (Å²) in [5.41, 5.74) is 9.47. The van der Waals surface area contributed by atoms with Gasteiger partial charge in [0.25, 0.3) is 11.8 Å². The van der Waals surface area contributed by atoms with Gasteiger partial charge in [0.2, 0.25) is 0 Å². The van der Waals surface area contributed by atoms with Crippen molar-refractivity contribution < 1.29 is 14.3 Å². The average molecular weight is 359 g/mol. The van der Waals surface area contributed by atoms with E-state index < -0.39 is 11.8 Å². The molecular weight excluding hydrogens is 342 g/mol. The highest BCUT2D eigenvalue weighted by molar-refractivity contribution is 6.22. The Balaban J connectivity index is 1.47. The Morgan fingerprint density at radius 1 is 0.889 bits per heavy atom. The van der Waals surface area contributed by atoms with Gasteiger partial charge in [-0.05, 0) is 42.0 Å². The minimum Gasteiger partial charge on any atom is -0.489 e. The van der Waals surface area contributed by atoms with Crippen molar-refractivity contribution in [2.45, 2.75) is 6.61 Å². The Kier molecular flexibility index (Phi) is 4.22. The Hall–Kier alpha value is -3.80. The lowest BCUT2D eigenvalue weighted by atomic mass is 10.1. The molecule has 4 N–H and O–H groups in total. The third kappa shape index (κ3) is 3.46. The molecule has 134 valence electrons. The molecule has 3 aromatic carbocycles. The van der Waals surface area contributed by atoms with Gasteiger partial charge in [0.1, 0.15) is 12.4 Å². The molecule has 0 spiro atoms. The molecular formula is C21H17N3O3. The lowest BCUT2D eigenvalue weighted by Crippen LogP contribution is -2.19. The molecule has 0 fully saturated rings. The Morgan fingerprint density at radius 2 is 1.56 bits per heavy atom. The summed E-state index contributed by atoms with van der Waals surface area (Å²) in [5, 5.41) is 5.42. The molecule has 27 heavy (non-hydrogen) atoms. The van der Waals surface area contributed by atoms with E-state index in [0.29, 0.717) is 29.1 Å². The second-order valence-electron chi connectivity index (χ2n) is 6.19. The van der Waals surface area contributed by atoms with E-state index in [0.717, 1.165) is 17.0 Å². The van der Waals surface area contributed by atoms with Gasteiger partial charge in [0, 0.05) is 5.69 Å². The van der Waals surface area contributed by atoms with E-state index in [1.807, 2.05) is 54.6 Å². The van der Waals surface area contributed by atoms with E-state index >= 15 is 0 Å². The monoisotopic (exact) mass is 359 g/mol. The number of ether oxygens (including phenoxy) is 1. The van der Waals surface area contributed by atoms with E-state index in [-0.39, 0.29) is 0 Å². The number of nitrogens with two attached hydrogens (primary N) is 1. The number of amides is 2. The number of hydrogen-bond donors (Lipinski definition) is 3. The molecule has 0 saturated heterocycles. The van der Waals surface area contributed by atoms with Crippen molar-refractivity contribution in [3.8, 4) is 5.75 Å². The van der Waals surface area contributed by atoms with E-state index in [4.69, 9.17) is 10.5 Å². The molecule has 0 radical (unpaired) electrons. The zero-order chi connectivity index (χ0) is 18.8. The van der Waals surface area contributed by atoms with Crippen LogP contribution in [0.3, 0.4) is 0 Å². The number of imide groups is 1. The highest BCUT2D eigenvalue weighted by Crippen LogP contribution is 2.30. The number of benzene rings is 3. The Bertz CT molecular complexity index is 1010. The van der Waals surface area contributed by atoms with Crippen molar-refractivity contribution in [2.24, 2.45) is 0 Å². The van der Waals surface area contributed by atoms with Crippen molar-refractivity contribution in [1.29, 1.82) is 0 Å². The van der Waals surface area contributed by atoms with Crippen LogP contribution in [-0.2, 0) is 6.61 Å². The molecule has 0 saturated carbocycles. The number of fused-ring (bicyclic) bond motifs is 1. The standard InChI is InChI=1S/C21H17N3O3/c22-18-10-16-17(21(26)24-20(16)25)11-19(18)23-14-6-8-15(9-7-14)27-12-13-4-2-1-3-5-13/h1-11,23H,12,22H2,(H,24,25,26). The second-order valence-corrected chi connectivity index (χ2v) is 6.19. The maximum absolute atomic E-state index is 11.8. The zero-order valence-corrected chi connectivity index (χ0v) is 14.4. The number of nitrogens with one attached hydrogen (secondary N) is 2. The Morgan fingerprint density at radius 3 is 2.26 bits per heavy atom. The smallest absolute Gasteiger partial charge is 0.259 e. The highest BCUT2D eigenvalue weighted by atomic mass is 16.5. The largest absolute Gasteiger partial charge is 0.489 e. The van der Waals surface area contributed by atoms with Gasteiger partial charge in [-0.25, -0.2) is 0 Å². The molecule has 0 unspecified atom stereocenters. The minimum absolute atomic E-state index is 0.299. The van der Waals surface area contributed by atoms with Gasteiger partial charge in [-0.1, -0.05) is 30.3 Å². The minimum atomic E-state index is -0.423. The summed E-state index contributed by atoms with van der Waals surface area (Å²) < 4.78 is 5.76. The van der Waals surface area contributed by atoms with Crippen LogP contribution < -0.4 is 21.1 Å². The van der Waals surface area contributed by atoms with Crippen molar-refractivity contribution in [2.75, 3.05) is 11.1 Å². The molecule has 0 bridgehead atoms. The summed E-state index contributed by atoms with van der Waals surface area (Å²) in [4.78, 5) is 23.5. The van der Waals surface area contributed by atoms with Gasteiger partial charge in [-0.3, -0.25) is 14.9 Å². The van der Waals surface area contributed by atoms with Crippen molar-refractivity contribution in [1.82, 2.24) is 5.32 Å². The van der Waals surface area contributed by atoms with Crippen LogP contribution in [0.2, 0.25) is 0 Å². The van der Waals surface area contributed by atoms with Gasteiger partial charge in [-0.15, -0.1) is 0 Å². The van der Waals surface area contributed by atoms with Crippen molar-refractivity contribution in [3.05, 3.63) is 83.4 Å². The normalized spacial score (nSPS) is 12.4. The molecule has 6 nitrogen and oxygen atoms in total. The van der Waals surface area contributed by atoms with Crippen LogP contribution in [0.4, 0.5) is 17.1 Å². The molecule has 1 heterocycles. The molecule has 0 aliphatic carbocycles. The van der Waals surface area contributed by atoms with Gasteiger partial charge < -0.3 is 15.8 Å². The van der Waals surface area contributed by atoms with Crippen LogP contribution >= 0.6 is 0 Å². The van der Waals surface area contributed by atoms with Crippen LogP contribution in [-0.4, -0.2) is 11.8 Å². The van der Waals surface area contributed by atoms with Crippen molar-refractivity contribution in [3.63, 3.8) is 0 Å². The van der Waals surface area contributed by atoms with E-state index in [1.165, 1.54) is 6.07 Å². The summed E-state index contributed by atoms with van der Waals surface area (Å²) in [7, 11) is 0. The summed E-state index contributed by atoms with van der Waals surface area (Å²) in [6.07, 6.45) is 0. The molecule has 1 aliphatic rings. The maximum atomic E-state index is 11.8. The lowest BCUT2D eigenvalue weighted by molar-refractivity contribution is 0.0879. The fourth-order valence-corrected chi connectivity index (χ4v) is 2.87. The third-order valence-corrected chi connectivity index (χ3v) is 4.29. The number of nitrogen functional groups attached to an aromatic ring is 1. The number of carbonyl (C=O) groups is 2. The highest BCUT2D eigenvalue weighted by Gasteiger charge is 2.27. The second kappa shape index (κ2) is 6.84. The zero-order valence-electron chi connectivity index (χ0n) is 14.4. The average Bonchev–Trinajstić information content (AvgIpc) is 2.95. The van der Waals surface area contributed by atoms with Crippen LogP contribution in [0.5, 0.6) is 5.75 Å². The van der Waals surface area contributed by atoms with Crippen LogP contribution in [0.15, 0.2) is 66.7 Å². The first-order valence-electron chi connectivity index (χ1n) is 8.43. The van der Waals surface area contributed by atoms with E-state index in [2.05, 4.69) is 10.6 Å². The molecule has 0 aromatic heterocycles. The number of carbonyl (C=O) groups excluding carboxylic acids is 2. The van der Waals surface area contributed by atoms with Crippen molar-refractivity contribution >= 4 is 28.9 Å². The first-order valence-corrected chi connectivity index (χ1v) is 8.43. The van der Waals surface area contributed by atoms with Gasteiger partial charge >= 0.3 is 0 Å². The maximum Gasteiger partial charge on any atom is 0.259 e. The fourth-order valence-electron chi connectivity index (χ4n) is 2.87. The molecule has 3 aromatic rings. The van der Waals surface area contributed by atoms with Crippen LogP contribution in [0.1, 0.15) is 26.3 Å². The summed E-state index contributed by atoms with van der Waals surface area (Å²) >= 11 is 0. The topological polar surface area (TPSA) is 93.4 Å². The van der Waals surface area contributed by atoms with Gasteiger partial charge in [-0.2, -0.15) is 0 Å². The van der Waals surface area contributed by atoms with E-state index in [9.17, 15) is 9.59 Å². The van der Waals surface area contributed by atoms with E-state index in [1.54, 1.807) is 6.07 Å². The molecule has 2 amide bonds. The predicted octanol–water partition coefficient (Wildman–Crippen LogP) is 3.48. The molecule has 4 rings (SSSR count). The predicted molar refractivity (Wildman–Crippen MR) is 103 cm³/mol. The first-order chi connectivity index (χ1) is 13.1. The summed E-state index contributed by atoms with van der Waals surface area (Å²) in [5.74, 6) is -0.0906. The number of rotatable bonds is 5. The molecule has 1 aliphatic heterocycles. The lowest BCUT2D eigenvalue weighted by Gasteiger charge is -2.12.